The number of hydrogen-bond acceptors (Lipinski definition) is 5. The molecule has 1 heterocycles. The molecule has 1 fully saturated rings. The van der Waals surface area contributed by atoms with Crippen molar-refractivity contribution < 1.29 is 18.8 Å². The lowest BCUT2D eigenvalue weighted by atomic mass is 10.2. The van der Waals surface area contributed by atoms with Gasteiger partial charge in [0.2, 0.25) is 8.32 Å². The standard InChI is InChI=1S/C20H31NO4SSi/c1-7-24-18(22)17-12-9-13-21(17)19(23)26-16-11-8-10-15(14-16)25-27(5,6)20(2,3)4/h8,10-11,14,17H,7,9,12-13H2,1-6H3. The average molecular weight is 410 g/mol. The first-order chi connectivity index (χ1) is 12.5. The number of esters is 1. The van der Waals surface area contributed by atoms with Gasteiger partial charge < -0.3 is 14.1 Å². The maximum absolute atomic E-state index is 12.7. The van der Waals surface area contributed by atoms with Gasteiger partial charge >= 0.3 is 5.97 Å². The number of carbonyl (C=O) groups excluding carboxylic acids is 2. The normalized spacial score (nSPS) is 17.7. The fourth-order valence-electron chi connectivity index (χ4n) is 2.68. The first kappa shape index (κ1) is 21.8. The van der Waals surface area contributed by atoms with Gasteiger partial charge in [0, 0.05) is 11.4 Å². The molecule has 7 heteroatoms. The highest BCUT2D eigenvalue weighted by molar-refractivity contribution is 8.13. The molecule has 1 amide bonds. The molecule has 0 aromatic heterocycles. The summed E-state index contributed by atoms with van der Waals surface area (Å²) in [4.78, 5) is 27.3. The number of thioether (sulfide) groups is 1. The molecule has 1 aromatic carbocycles. The van der Waals surface area contributed by atoms with Crippen LogP contribution in [0.3, 0.4) is 0 Å². The summed E-state index contributed by atoms with van der Waals surface area (Å²) in [5.74, 6) is 0.488. The van der Waals surface area contributed by atoms with Gasteiger partial charge in [0.05, 0.1) is 6.61 Å². The molecule has 1 aliphatic heterocycles. The van der Waals surface area contributed by atoms with Crippen molar-refractivity contribution in [1.29, 1.82) is 0 Å². The second kappa shape index (κ2) is 8.69. The Kier molecular flexibility index (Phi) is 7.02. The fourth-order valence-corrected chi connectivity index (χ4v) is 4.56. The molecule has 1 saturated heterocycles. The zero-order valence-electron chi connectivity index (χ0n) is 17.2. The molecule has 0 saturated carbocycles. The summed E-state index contributed by atoms with van der Waals surface area (Å²) in [5.41, 5.74) is 0. The molecular formula is C20H31NO4SSi. The summed E-state index contributed by atoms with van der Waals surface area (Å²) < 4.78 is 11.4. The molecule has 2 rings (SSSR count). The Morgan fingerprint density at radius 1 is 1.30 bits per heavy atom. The molecule has 0 bridgehead atoms. The Hall–Kier alpha value is -1.47. The maximum atomic E-state index is 12.7. The third-order valence-corrected chi connectivity index (χ3v) is 10.5. The second-order valence-corrected chi connectivity index (χ2v) is 14.1. The summed E-state index contributed by atoms with van der Waals surface area (Å²) in [5, 5.41) is -0.0102. The van der Waals surface area contributed by atoms with Gasteiger partial charge in [0.1, 0.15) is 11.8 Å². The van der Waals surface area contributed by atoms with Gasteiger partial charge in [-0.1, -0.05) is 26.8 Å². The fraction of sp³-hybridized carbons (Fsp3) is 0.600. The predicted octanol–water partition coefficient (Wildman–Crippen LogP) is 5.31. The maximum Gasteiger partial charge on any atom is 0.328 e. The van der Waals surface area contributed by atoms with E-state index >= 15 is 0 Å². The molecule has 0 spiro atoms. The van der Waals surface area contributed by atoms with Gasteiger partial charge in [-0.3, -0.25) is 4.79 Å². The van der Waals surface area contributed by atoms with Crippen molar-refractivity contribution in [3.63, 3.8) is 0 Å². The molecule has 150 valence electrons. The van der Waals surface area contributed by atoms with Crippen LogP contribution in [0.25, 0.3) is 0 Å². The molecule has 0 aliphatic carbocycles. The van der Waals surface area contributed by atoms with E-state index < -0.39 is 14.4 Å². The number of rotatable bonds is 5. The zero-order valence-corrected chi connectivity index (χ0v) is 19.0. The third-order valence-electron chi connectivity index (χ3n) is 5.24. The minimum absolute atomic E-state index is 0.106. The van der Waals surface area contributed by atoms with E-state index in [0.717, 1.165) is 28.8 Å². The van der Waals surface area contributed by atoms with Crippen LogP contribution >= 0.6 is 11.8 Å². The number of nitrogens with zero attached hydrogens (tertiary/aromatic N) is 1. The minimum Gasteiger partial charge on any atom is -0.543 e. The Labute approximate surface area is 167 Å². The van der Waals surface area contributed by atoms with Crippen LogP contribution in [-0.4, -0.2) is 43.6 Å². The van der Waals surface area contributed by atoms with Crippen molar-refractivity contribution in [1.82, 2.24) is 4.90 Å². The highest BCUT2D eigenvalue weighted by Gasteiger charge is 2.39. The summed E-state index contributed by atoms with van der Waals surface area (Å²) in [7, 11) is -1.94. The first-order valence-electron chi connectivity index (χ1n) is 9.49. The van der Waals surface area contributed by atoms with Crippen LogP contribution in [0.2, 0.25) is 18.1 Å². The van der Waals surface area contributed by atoms with Crippen LogP contribution in [0.5, 0.6) is 5.75 Å². The SMILES string of the molecule is CCOC(=O)C1CCCN1C(=O)Sc1cccc(O[Si](C)(C)C(C)(C)C)c1. The third kappa shape index (κ3) is 5.51. The summed E-state index contributed by atoms with van der Waals surface area (Å²) in [6.07, 6.45) is 1.49. The van der Waals surface area contributed by atoms with Crippen LogP contribution in [-0.2, 0) is 9.53 Å². The van der Waals surface area contributed by atoms with E-state index in [2.05, 4.69) is 33.9 Å². The largest absolute Gasteiger partial charge is 0.543 e. The molecule has 5 nitrogen and oxygen atoms in total. The number of likely N-dealkylation sites (tertiary alicyclic amines) is 1. The Morgan fingerprint density at radius 3 is 2.63 bits per heavy atom. The Balaban J connectivity index is 2.07. The first-order valence-corrected chi connectivity index (χ1v) is 13.2. The molecule has 27 heavy (non-hydrogen) atoms. The van der Waals surface area contributed by atoms with Crippen molar-refractivity contribution >= 4 is 31.3 Å². The van der Waals surface area contributed by atoms with Gasteiger partial charge in [0.25, 0.3) is 5.24 Å². The van der Waals surface area contributed by atoms with Crippen molar-refractivity contribution in [2.45, 2.75) is 69.6 Å². The van der Waals surface area contributed by atoms with E-state index in [4.69, 9.17) is 9.16 Å². The number of ether oxygens (including phenoxy) is 1. The second-order valence-electron chi connectivity index (χ2n) is 8.31. The van der Waals surface area contributed by atoms with Crippen molar-refractivity contribution in [3.05, 3.63) is 24.3 Å². The van der Waals surface area contributed by atoms with E-state index in [1.807, 2.05) is 24.3 Å². The van der Waals surface area contributed by atoms with Gasteiger partial charge in [-0.05, 0) is 67.9 Å². The minimum atomic E-state index is -1.94. The van der Waals surface area contributed by atoms with E-state index in [1.54, 1.807) is 11.8 Å². The number of benzene rings is 1. The molecule has 1 unspecified atom stereocenters. The Morgan fingerprint density at radius 2 is 2.00 bits per heavy atom. The van der Waals surface area contributed by atoms with Crippen molar-refractivity contribution in [2.24, 2.45) is 0 Å². The van der Waals surface area contributed by atoms with Gasteiger partial charge in [-0.2, -0.15) is 0 Å². The molecule has 1 aliphatic rings. The lowest BCUT2D eigenvalue weighted by Crippen LogP contribution is -2.43. The van der Waals surface area contributed by atoms with Crippen molar-refractivity contribution in [2.75, 3.05) is 13.2 Å². The van der Waals surface area contributed by atoms with E-state index in [0.29, 0.717) is 19.6 Å². The lowest BCUT2D eigenvalue weighted by Gasteiger charge is -2.36. The molecule has 1 aromatic rings. The topological polar surface area (TPSA) is 55.8 Å². The highest BCUT2D eigenvalue weighted by Crippen LogP contribution is 2.38. The van der Waals surface area contributed by atoms with E-state index in [9.17, 15) is 9.59 Å². The van der Waals surface area contributed by atoms with Crippen LogP contribution < -0.4 is 4.43 Å². The van der Waals surface area contributed by atoms with Crippen LogP contribution in [0.4, 0.5) is 4.79 Å². The molecule has 0 N–H and O–H groups in total. The molecule has 1 atom stereocenters. The van der Waals surface area contributed by atoms with Gasteiger partial charge in [-0.25, -0.2) is 4.79 Å². The zero-order chi connectivity index (χ0) is 20.2. The summed E-state index contributed by atoms with van der Waals surface area (Å²) in [6, 6.07) is 7.20. The summed E-state index contributed by atoms with van der Waals surface area (Å²) in [6.45, 7) is 13.7. The van der Waals surface area contributed by atoms with Crippen LogP contribution in [0, 0.1) is 0 Å². The van der Waals surface area contributed by atoms with Crippen LogP contribution in [0.15, 0.2) is 29.2 Å². The summed E-state index contributed by atoms with van der Waals surface area (Å²) >= 11 is 1.14. The number of hydrogen-bond donors (Lipinski definition) is 0. The predicted molar refractivity (Wildman–Crippen MR) is 112 cm³/mol. The van der Waals surface area contributed by atoms with Crippen LogP contribution in [0.1, 0.15) is 40.5 Å². The number of carbonyl (C=O) groups is 2. The monoisotopic (exact) mass is 409 g/mol. The Bertz CT molecular complexity index is 687. The highest BCUT2D eigenvalue weighted by atomic mass is 32.2. The van der Waals surface area contributed by atoms with E-state index in [1.165, 1.54) is 0 Å². The number of amides is 1. The lowest BCUT2D eigenvalue weighted by molar-refractivity contribution is -0.147. The molecule has 0 radical (unpaired) electrons. The van der Waals surface area contributed by atoms with E-state index in [-0.39, 0.29) is 16.2 Å². The average Bonchev–Trinajstić information content (AvgIpc) is 3.03. The smallest absolute Gasteiger partial charge is 0.328 e. The van der Waals surface area contributed by atoms with Gasteiger partial charge in [0.15, 0.2) is 0 Å². The van der Waals surface area contributed by atoms with Crippen molar-refractivity contribution in [3.8, 4) is 5.75 Å². The quantitative estimate of drug-likeness (QED) is 0.375. The van der Waals surface area contributed by atoms with Gasteiger partial charge in [-0.15, -0.1) is 0 Å². The molecular weight excluding hydrogens is 378 g/mol.